The van der Waals surface area contributed by atoms with E-state index in [1.54, 1.807) is 0 Å². The number of hydrogen-bond acceptors (Lipinski definition) is 2. The molecule has 2 nitrogen and oxygen atoms in total. The summed E-state index contributed by atoms with van der Waals surface area (Å²) in [5.41, 5.74) is 0. The van der Waals surface area contributed by atoms with Crippen LogP contribution in [-0.2, 0) is 4.74 Å². The summed E-state index contributed by atoms with van der Waals surface area (Å²) >= 11 is 0. The Morgan fingerprint density at radius 2 is 2.08 bits per heavy atom. The third-order valence-corrected chi connectivity index (χ3v) is 3.34. The van der Waals surface area contributed by atoms with Crippen molar-refractivity contribution >= 4 is 0 Å². The molecule has 12 heavy (non-hydrogen) atoms. The quantitative estimate of drug-likeness (QED) is 0.619. The molecule has 2 heterocycles. The fraction of sp³-hybridized carbons (Fsp3) is 1.00. The van der Waals surface area contributed by atoms with E-state index in [9.17, 15) is 0 Å². The largest absolute Gasteiger partial charge is 0.378 e. The lowest BCUT2D eigenvalue weighted by molar-refractivity contribution is -0.0585. The van der Waals surface area contributed by atoms with Crippen LogP contribution in [0.5, 0.6) is 0 Å². The molecule has 0 amide bonds. The predicted molar refractivity (Wildman–Crippen MR) is 49.1 cm³/mol. The monoisotopic (exact) mass is 169 g/mol. The highest BCUT2D eigenvalue weighted by Gasteiger charge is 2.32. The zero-order valence-electron chi connectivity index (χ0n) is 8.12. The van der Waals surface area contributed by atoms with Crippen molar-refractivity contribution in [2.24, 2.45) is 11.8 Å². The van der Waals surface area contributed by atoms with Gasteiger partial charge in [-0.3, -0.25) is 4.90 Å². The van der Waals surface area contributed by atoms with Crippen LogP contribution in [0.2, 0.25) is 0 Å². The molecule has 0 aromatic carbocycles. The summed E-state index contributed by atoms with van der Waals surface area (Å²) in [4.78, 5) is 2.61. The van der Waals surface area contributed by atoms with Gasteiger partial charge in [-0.2, -0.15) is 0 Å². The van der Waals surface area contributed by atoms with Gasteiger partial charge >= 0.3 is 0 Å². The zero-order chi connectivity index (χ0) is 8.55. The molecule has 2 saturated heterocycles. The molecule has 0 saturated carbocycles. The maximum Gasteiger partial charge on any atom is 0.0645 e. The third kappa shape index (κ3) is 1.50. The normalized spacial score (nSPS) is 32.8. The first-order valence-corrected chi connectivity index (χ1v) is 5.09. The van der Waals surface area contributed by atoms with E-state index in [4.69, 9.17) is 4.74 Å². The van der Waals surface area contributed by atoms with Crippen molar-refractivity contribution in [3.8, 4) is 0 Å². The Kier molecular flexibility index (Phi) is 2.37. The molecule has 2 heteroatoms. The number of nitrogens with zero attached hydrogens (tertiary/aromatic N) is 1. The molecule has 0 aromatic rings. The Balaban J connectivity index is 1.81. The van der Waals surface area contributed by atoms with E-state index in [-0.39, 0.29) is 0 Å². The average Bonchev–Trinajstić information content (AvgIpc) is 2.32. The minimum atomic E-state index is 0.758. The van der Waals surface area contributed by atoms with Crippen LogP contribution in [0, 0.1) is 11.8 Å². The van der Waals surface area contributed by atoms with Gasteiger partial charge in [0.25, 0.3) is 0 Å². The van der Waals surface area contributed by atoms with E-state index in [2.05, 4.69) is 18.7 Å². The summed E-state index contributed by atoms with van der Waals surface area (Å²) in [6, 6.07) is 0.758. The Labute approximate surface area is 74.9 Å². The van der Waals surface area contributed by atoms with E-state index in [0.717, 1.165) is 31.1 Å². The van der Waals surface area contributed by atoms with Crippen LogP contribution >= 0.6 is 0 Å². The summed E-state index contributed by atoms with van der Waals surface area (Å²) in [5.74, 6) is 1.79. The number of hydrogen-bond donors (Lipinski definition) is 0. The van der Waals surface area contributed by atoms with Crippen molar-refractivity contribution in [2.75, 3.05) is 26.3 Å². The van der Waals surface area contributed by atoms with Crippen molar-refractivity contribution in [3.63, 3.8) is 0 Å². The second-order valence-corrected chi connectivity index (χ2v) is 4.48. The standard InChI is InChI=1S/C10H19NO/c1-8(2)9-3-4-11(5-9)10-6-12-7-10/h8-10H,3-7H2,1-2H3/t9-/m0/s1. The van der Waals surface area contributed by atoms with Crippen molar-refractivity contribution in [1.82, 2.24) is 4.90 Å². The smallest absolute Gasteiger partial charge is 0.0645 e. The average molecular weight is 169 g/mol. The lowest BCUT2D eigenvalue weighted by Crippen LogP contribution is -2.47. The van der Waals surface area contributed by atoms with Gasteiger partial charge in [-0.1, -0.05) is 13.8 Å². The molecule has 2 aliphatic heterocycles. The van der Waals surface area contributed by atoms with Crippen LogP contribution in [0.3, 0.4) is 0 Å². The van der Waals surface area contributed by atoms with Crippen molar-refractivity contribution in [1.29, 1.82) is 0 Å². The second kappa shape index (κ2) is 3.35. The van der Waals surface area contributed by atoms with Gasteiger partial charge in [-0.05, 0) is 24.8 Å². The van der Waals surface area contributed by atoms with Crippen LogP contribution in [-0.4, -0.2) is 37.2 Å². The summed E-state index contributed by atoms with van der Waals surface area (Å²) < 4.78 is 5.20. The molecule has 0 aromatic heterocycles. The van der Waals surface area contributed by atoms with E-state index < -0.39 is 0 Å². The van der Waals surface area contributed by atoms with Gasteiger partial charge in [0.1, 0.15) is 0 Å². The minimum absolute atomic E-state index is 0.758. The van der Waals surface area contributed by atoms with Crippen molar-refractivity contribution < 1.29 is 4.74 Å². The molecule has 2 rings (SSSR count). The van der Waals surface area contributed by atoms with E-state index in [1.807, 2.05) is 0 Å². The highest BCUT2D eigenvalue weighted by molar-refractivity contribution is 4.85. The lowest BCUT2D eigenvalue weighted by Gasteiger charge is -2.34. The van der Waals surface area contributed by atoms with Crippen LogP contribution in [0.4, 0.5) is 0 Å². The number of ether oxygens (including phenoxy) is 1. The topological polar surface area (TPSA) is 12.5 Å². The Hall–Kier alpha value is -0.0800. The van der Waals surface area contributed by atoms with Gasteiger partial charge in [0.05, 0.1) is 19.3 Å². The second-order valence-electron chi connectivity index (χ2n) is 4.48. The summed E-state index contributed by atoms with van der Waals surface area (Å²) in [6.45, 7) is 9.25. The third-order valence-electron chi connectivity index (χ3n) is 3.34. The Bertz CT molecular complexity index is 154. The molecule has 0 bridgehead atoms. The fourth-order valence-corrected chi connectivity index (χ4v) is 2.13. The van der Waals surface area contributed by atoms with E-state index >= 15 is 0 Å². The molecular formula is C10H19NO. The van der Waals surface area contributed by atoms with Gasteiger partial charge in [0.2, 0.25) is 0 Å². The summed E-state index contributed by atoms with van der Waals surface area (Å²) in [6.07, 6.45) is 1.40. The number of rotatable bonds is 2. The number of likely N-dealkylation sites (tertiary alicyclic amines) is 1. The first kappa shape index (κ1) is 8.52. The lowest BCUT2D eigenvalue weighted by atomic mass is 9.95. The van der Waals surface area contributed by atoms with Gasteiger partial charge in [-0.25, -0.2) is 0 Å². The molecule has 0 unspecified atom stereocenters. The molecule has 0 radical (unpaired) electrons. The SMILES string of the molecule is CC(C)[C@H]1CCN(C2COC2)C1. The highest BCUT2D eigenvalue weighted by atomic mass is 16.5. The molecule has 0 N–H and O–H groups in total. The van der Waals surface area contributed by atoms with E-state index in [1.165, 1.54) is 19.5 Å². The Morgan fingerprint density at radius 1 is 1.33 bits per heavy atom. The summed E-state index contributed by atoms with van der Waals surface area (Å²) in [7, 11) is 0. The van der Waals surface area contributed by atoms with Gasteiger partial charge in [0, 0.05) is 6.54 Å². The predicted octanol–water partition coefficient (Wildman–Crippen LogP) is 1.36. The van der Waals surface area contributed by atoms with Crippen LogP contribution < -0.4 is 0 Å². The molecule has 0 spiro atoms. The molecule has 70 valence electrons. The molecule has 0 aliphatic carbocycles. The fourth-order valence-electron chi connectivity index (χ4n) is 2.13. The molecular weight excluding hydrogens is 150 g/mol. The van der Waals surface area contributed by atoms with E-state index in [0.29, 0.717) is 0 Å². The highest BCUT2D eigenvalue weighted by Crippen LogP contribution is 2.26. The summed E-state index contributed by atoms with van der Waals surface area (Å²) in [5, 5.41) is 0. The first-order valence-electron chi connectivity index (χ1n) is 5.09. The van der Waals surface area contributed by atoms with Crippen molar-refractivity contribution in [2.45, 2.75) is 26.3 Å². The molecule has 1 atom stereocenters. The maximum atomic E-state index is 5.20. The maximum absolute atomic E-state index is 5.20. The van der Waals surface area contributed by atoms with Gasteiger partial charge in [-0.15, -0.1) is 0 Å². The van der Waals surface area contributed by atoms with Crippen LogP contribution in [0.1, 0.15) is 20.3 Å². The molecule has 2 aliphatic rings. The van der Waals surface area contributed by atoms with Crippen LogP contribution in [0.25, 0.3) is 0 Å². The molecule has 2 fully saturated rings. The van der Waals surface area contributed by atoms with Crippen molar-refractivity contribution in [3.05, 3.63) is 0 Å². The zero-order valence-corrected chi connectivity index (χ0v) is 8.12. The first-order chi connectivity index (χ1) is 5.77. The minimum Gasteiger partial charge on any atom is -0.378 e. The Morgan fingerprint density at radius 3 is 2.50 bits per heavy atom. The van der Waals surface area contributed by atoms with Gasteiger partial charge < -0.3 is 4.74 Å². The van der Waals surface area contributed by atoms with Crippen LogP contribution in [0.15, 0.2) is 0 Å². The van der Waals surface area contributed by atoms with Gasteiger partial charge in [0.15, 0.2) is 0 Å².